The molecule has 0 radical (unpaired) electrons. The van der Waals surface area contributed by atoms with Crippen LogP contribution >= 0.6 is 0 Å². The van der Waals surface area contributed by atoms with Crippen molar-refractivity contribution in [2.75, 3.05) is 13.2 Å². The molecule has 2 fully saturated rings. The maximum Gasteiger partial charge on any atom is 0.157 e. The molecule has 3 heteroatoms. The van der Waals surface area contributed by atoms with Gasteiger partial charge in [0.1, 0.15) is 5.82 Å². The molecule has 2 aromatic carbocycles. The Hall–Kier alpha value is -1.71. The summed E-state index contributed by atoms with van der Waals surface area (Å²) >= 11 is 0. The Balaban J connectivity index is 1.24. The van der Waals surface area contributed by atoms with Crippen LogP contribution in [0.1, 0.15) is 108 Å². The predicted octanol–water partition coefficient (Wildman–Crippen LogP) is 9.46. The van der Waals surface area contributed by atoms with Crippen LogP contribution < -0.4 is 0 Å². The highest BCUT2D eigenvalue weighted by atomic mass is 19.1. The molecule has 0 bridgehead atoms. The lowest BCUT2D eigenvalue weighted by molar-refractivity contribution is -0.203. The molecule has 0 aromatic heterocycles. The molecule has 0 atom stereocenters. The van der Waals surface area contributed by atoms with Gasteiger partial charge in [-0.05, 0) is 73.1 Å². The van der Waals surface area contributed by atoms with E-state index in [9.17, 15) is 0 Å². The van der Waals surface area contributed by atoms with Crippen LogP contribution in [0.4, 0.5) is 4.39 Å². The molecule has 2 nitrogen and oxygen atoms in total. The Labute approximate surface area is 219 Å². The predicted molar refractivity (Wildman–Crippen MR) is 148 cm³/mol. The first-order valence-electron chi connectivity index (χ1n) is 14.8. The summed E-state index contributed by atoms with van der Waals surface area (Å²) in [4.78, 5) is 0. The molecular formula is C33H47FO2. The number of ether oxygens (including phenoxy) is 2. The molecule has 2 aromatic rings. The Kier molecular flexibility index (Phi) is 10.8. The second-order valence-electron chi connectivity index (χ2n) is 11.3. The van der Waals surface area contributed by atoms with Gasteiger partial charge in [0.25, 0.3) is 0 Å². The fourth-order valence-electron chi connectivity index (χ4n) is 6.03. The first-order valence-corrected chi connectivity index (χ1v) is 14.8. The molecule has 0 unspecified atom stereocenters. The molecular weight excluding hydrogens is 447 g/mol. The van der Waals surface area contributed by atoms with E-state index in [0.717, 1.165) is 37.5 Å². The van der Waals surface area contributed by atoms with Gasteiger partial charge >= 0.3 is 0 Å². The summed E-state index contributed by atoms with van der Waals surface area (Å²) in [5.41, 5.74) is 4.08. The monoisotopic (exact) mass is 494 g/mol. The maximum absolute atomic E-state index is 15.1. The SMILES string of the molecule is CCCCCC1COC(CCc2ccc(-c3ccc([C@H]4CC[C@H](CCCC)CC4)cc3F)cc2)OC1. The molecule has 0 amide bonds. The number of rotatable bonds is 12. The van der Waals surface area contributed by atoms with Crippen LogP contribution in [-0.2, 0) is 15.9 Å². The maximum atomic E-state index is 15.1. The van der Waals surface area contributed by atoms with Gasteiger partial charge in [0.15, 0.2) is 6.29 Å². The summed E-state index contributed by atoms with van der Waals surface area (Å²) in [5, 5.41) is 0. The van der Waals surface area contributed by atoms with Gasteiger partial charge in [0.05, 0.1) is 13.2 Å². The molecule has 2 aliphatic rings. The van der Waals surface area contributed by atoms with Gasteiger partial charge in [0.2, 0.25) is 0 Å². The Bertz CT molecular complexity index is 892. The van der Waals surface area contributed by atoms with Crippen molar-refractivity contribution in [3.05, 3.63) is 59.4 Å². The lowest BCUT2D eigenvalue weighted by Gasteiger charge is -2.29. The van der Waals surface area contributed by atoms with E-state index in [4.69, 9.17) is 9.47 Å². The van der Waals surface area contributed by atoms with Crippen molar-refractivity contribution in [1.82, 2.24) is 0 Å². The Morgan fingerprint density at radius 1 is 0.750 bits per heavy atom. The normalized spacial score (nSPS) is 24.6. The van der Waals surface area contributed by atoms with Crippen molar-refractivity contribution in [1.29, 1.82) is 0 Å². The number of hydrogen-bond acceptors (Lipinski definition) is 2. The van der Waals surface area contributed by atoms with E-state index >= 15 is 4.39 Å². The molecule has 1 saturated heterocycles. The molecule has 0 N–H and O–H groups in total. The number of halogens is 1. The summed E-state index contributed by atoms with van der Waals surface area (Å²) < 4.78 is 27.1. The molecule has 1 aliphatic heterocycles. The van der Waals surface area contributed by atoms with Gasteiger partial charge in [-0.2, -0.15) is 0 Å². The van der Waals surface area contributed by atoms with Crippen molar-refractivity contribution < 1.29 is 13.9 Å². The molecule has 198 valence electrons. The second-order valence-corrected chi connectivity index (χ2v) is 11.3. The largest absolute Gasteiger partial charge is 0.352 e. The Morgan fingerprint density at radius 3 is 2.11 bits per heavy atom. The molecule has 1 aliphatic carbocycles. The van der Waals surface area contributed by atoms with E-state index in [0.29, 0.717) is 17.4 Å². The zero-order valence-electron chi connectivity index (χ0n) is 22.7. The van der Waals surface area contributed by atoms with Gasteiger partial charge < -0.3 is 9.47 Å². The summed E-state index contributed by atoms with van der Waals surface area (Å²) in [6.45, 7) is 6.16. The zero-order chi connectivity index (χ0) is 25.2. The number of unbranched alkanes of at least 4 members (excludes halogenated alkanes) is 3. The average Bonchev–Trinajstić information content (AvgIpc) is 2.92. The highest BCUT2D eigenvalue weighted by Gasteiger charge is 2.23. The topological polar surface area (TPSA) is 18.5 Å². The van der Waals surface area contributed by atoms with E-state index in [1.165, 1.54) is 81.8 Å². The average molecular weight is 495 g/mol. The fraction of sp³-hybridized carbons (Fsp3) is 0.636. The smallest absolute Gasteiger partial charge is 0.157 e. The van der Waals surface area contributed by atoms with Gasteiger partial charge in [-0.1, -0.05) is 88.8 Å². The van der Waals surface area contributed by atoms with Crippen molar-refractivity contribution >= 4 is 0 Å². The fourth-order valence-corrected chi connectivity index (χ4v) is 6.03. The van der Waals surface area contributed by atoms with E-state index in [1.54, 1.807) is 6.07 Å². The highest BCUT2D eigenvalue weighted by molar-refractivity contribution is 5.65. The highest BCUT2D eigenvalue weighted by Crippen LogP contribution is 2.39. The number of hydrogen-bond donors (Lipinski definition) is 0. The van der Waals surface area contributed by atoms with Crippen LogP contribution in [0.15, 0.2) is 42.5 Å². The molecule has 4 rings (SSSR count). The standard InChI is InChI=1S/C33H47FO2/c1-3-5-7-9-27-23-35-33(36-24-27)21-14-26-12-17-29(18-13-26)31-20-19-30(22-32(31)34)28-15-10-25(11-16-28)8-6-4-2/h12-13,17-20,22,25,27-28,33H,3-11,14-16,21,23-24H2,1-2H3/t25-,27?,28-,33?. The van der Waals surface area contributed by atoms with E-state index in [-0.39, 0.29) is 12.1 Å². The van der Waals surface area contributed by atoms with Crippen molar-refractivity contribution in [3.8, 4) is 11.1 Å². The Morgan fingerprint density at radius 2 is 1.44 bits per heavy atom. The van der Waals surface area contributed by atoms with Crippen LogP contribution in [0.2, 0.25) is 0 Å². The van der Waals surface area contributed by atoms with Crippen LogP contribution in [-0.4, -0.2) is 19.5 Å². The van der Waals surface area contributed by atoms with Crippen molar-refractivity contribution in [2.24, 2.45) is 11.8 Å². The molecule has 0 spiro atoms. The third-order valence-corrected chi connectivity index (χ3v) is 8.46. The van der Waals surface area contributed by atoms with Gasteiger partial charge in [-0.3, -0.25) is 0 Å². The van der Waals surface area contributed by atoms with E-state index in [2.05, 4.69) is 44.2 Å². The number of aryl methyl sites for hydroxylation is 1. The minimum absolute atomic E-state index is 0.0918. The van der Waals surface area contributed by atoms with Crippen molar-refractivity contribution in [2.45, 2.75) is 110 Å². The molecule has 1 heterocycles. The first-order chi connectivity index (χ1) is 17.7. The lowest BCUT2D eigenvalue weighted by atomic mass is 9.77. The second kappa shape index (κ2) is 14.3. The minimum Gasteiger partial charge on any atom is -0.352 e. The third-order valence-electron chi connectivity index (χ3n) is 8.46. The van der Waals surface area contributed by atoms with Crippen LogP contribution in [0.25, 0.3) is 11.1 Å². The summed E-state index contributed by atoms with van der Waals surface area (Å²) in [6, 6.07) is 14.3. The molecule has 1 saturated carbocycles. The van der Waals surface area contributed by atoms with Crippen LogP contribution in [0.5, 0.6) is 0 Å². The summed E-state index contributed by atoms with van der Waals surface area (Å²) in [5.74, 6) is 1.86. The van der Waals surface area contributed by atoms with Crippen molar-refractivity contribution in [3.63, 3.8) is 0 Å². The quantitative estimate of drug-likeness (QED) is 0.274. The number of benzene rings is 2. The first kappa shape index (κ1) is 27.3. The lowest BCUT2D eigenvalue weighted by Crippen LogP contribution is -2.32. The van der Waals surface area contributed by atoms with Gasteiger partial charge in [0, 0.05) is 17.9 Å². The summed E-state index contributed by atoms with van der Waals surface area (Å²) in [6.07, 6.45) is 15.7. The van der Waals surface area contributed by atoms with E-state index < -0.39 is 0 Å². The van der Waals surface area contributed by atoms with Crippen LogP contribution in [0, 0.1) is 17.7 Å². The van der Waals surface area contributed by atoms with Gasteiger partial charge in [-0.25, -0.2) is 4.39 Å². The van der Waals surface area contributed by atoms with Crippen LogP contribution in [0.3, 0.4) is 0 Å². The van der Waals surface area contributed by atoms with E-state index in [1.807, 2.05) is 6.07 Å². The zero-order valence-corrected chi connectivity index (χ0v) is 22.7. The third kappa shape index (κ3) is 7.89. The molecule has 36 heavy (non-hydrogen) atoms. The minimum atomic E-state index is -0.0983. The van der Waals surface area contributed by atoms with Gasteiger partial charge in [-0.15, -0.1) is 0 Å². The summed E-state index contributed by atoms with van der Waals surface area (Å²) in [7, 11) is 0.